The molecule has 1 aliphatic rings. The molecule has 1 aromatic heterocycles. The summed E-state index contributed by atoms with van der Waals surface area (Å²) in [6.07, 6.45) is 2.07. The van der Waals surface area contributed by atoms with Crippen LogP contribution in [0.5, 0.6) is 0 Å². The largest absolute Gasteiger partial charge is 0.377 e. The van der Waals surface area contributed by atoms with Gasteiger partial charge in [-0.15, -0.1) is 0 Å². The Balaban J connectivity index is 1.86. The molecule has 2 N–H and O–H groups in total. The molecule has 0 unspecified atom stereocenters. The topological polar surface area (TPSA) is 79.4 Å². The van der Waals surface area contributed by atoms with Crippen LogP contribution in [0.1, 0.15) is 19.5 Å². The number of thioether (sulfide) groups is 1. The van der Waals surface area contributed by atoms with Crippen LogP contribution in [-0.4, -0.2) is 54.6 Å². The predicted octanol–water partition coefficient (Wildman–Crippen LogP) is 3.37. The van der Waals surface area contributed by atoms with E-state index in [-0.39, 0.29) is 12.1 Å². The highest BCUT2D eigenvalue weighted by molar-refractivity contribution is 7.97. The zero-order valence-corrected chi connectivity index (χ0v) is 17.4. The lowest BCUT2D eigenvalue weighted by atomic mass is 10.2. The van der Waals surface area contributed by atoms with Crippen molar-refractivity contribution in [2.24, 2.45) is 0 Å². The molecule has 8 heteroatoms. The molecule has 7 nitrogen and oxygen atoms in total. The molecule has 150 valence electrons. The minimum Gasteiger partial charge on any atom is -0.377 e. The van der Waals surface area contributed by atoms with Gasteiger partial charge in [0.25, 0.3) is 0 Å². The Labute approximate surface area is 170 Å². The van der Waals surface area contributed by atoms with E-state index in [2.05, 4.69) is 34.8 Å². The van der Waals surface area contributed by atoms with E-state index in [1.165, 1.54) is 0 Å². The average Bonchev–Trinajstić information content (AvgIpc) is 2.69. The Hall–Kier alpha value is -2.32. The van der Waals surface area contributed by atoms with Gasteiger partial charge in [0, 0.05) is 36.2 Å². The zero-order valence-electron chi connectivity index (χ0n) is 16.6. The van der Waals surface area contributed by atoms with E-state index in [1.807, 2.05) is 31.2 Å². The van der Waals surface area contributed by atoms with E-state index < -0.39 is 0 Å². The molecule has 2 aromatic rings. The molecule has 2 heterocycles. The van der Waals surface area contributed by atoms with E-state index in [9.17, 15) is 4.79 Å². The normalized spacial score (nSPS) is 16.7. The maximum atomic E-state index is 11.7. The first-order chi connectivity index (χ1) is 13.6. The number of aromatic nitrogens is 2. The maximum Gasteiger partial charge on any atom is 0.319 e. The fraction of sp³-hybridized carbons (Fsp3) is 0.450. The predicted molar refractivity (Wildman–Crippen MR) is 115 cm³/mol. The molecule has 0 bridgehead atoms. The number of benzene rings is 1. The summed E-state index contributed by atoms with van der Waals surface area (Å²) in [7, 11) is 0. The van der Waals surface area contributed by atoms with Crippen LogP contribution in [0.4, 0.5) is 16.3 Å². The second-order valence-electron chi connectivity index (χ2n) is 6.65. The Morgan fingerprint density at radius 1 is 1.32 bits per heavy atom. The van der Waals surface area contributed by atoms with Crippen LogP contribution >= 0.6 is 11.8 Å². The monoisotopic (exact) mass is 401 g/mol. The van der Waals surface area contributed by atoms with Gasteiger partial charge in [-0.3, -0.25) is 0 Å². The fourth-order valence-electron chi connectivity index (χ4n) is 3.09. The summed E-state index contributed by atoms with van der Waals surface area (Å²) in [5, 5.41) is 5.52. The number of carbonyl (C=O) groups is 1. The van der Waals surface area contributed by atoms with Crippen molar-refractivity contribution in [3.05, 3.63) is 36.0 Å². The quantitative estimate of drug-likeness (QED) is 0.773. The first-order valence-electron chi connectivity index (χ1n) is 9.47. The molecule has 1 aliphatic heterocycles. The van der Waals surface area contributed by atoms with Gasteiger partial charge in [-0.1, -0.05) is 0 Å². The van der Waals surface area contributed by atoms with Crippen LogP contribution in [-0.2, 0) is 10.5 Å². The van der Waals surface area contributed by atoms with Gasteiger partial charge in [0.15, 0.2) is 5.82 Å². The number of hydrogen-bond donors (Lipinski definition) is 2. The van der Waals surface area contributed by atoms with Gasteiger partial charge in [0.1, 0.15) is 5.82 Å². The van der Waals surface area contributed by atoms with E-state index in [1.54, 1.807) is 11.8 Å². The van der Waals surface area contributed by atoms with Gasteiger partial charge < -0.3 is 20.3 Å². The van der Waals surface area contributed by atoms with Crippen LogP contribution in [0.25, 0.3) is 11.4 Å². The van der Waals surface area contributed by atoms with Crippen LogP contribution in [0, 0.1) is 0 Å². The van der Waals surface area contributed by atoms with Crippen molar-refractivity contribution >= 4 is 29.3 Å². The van der Waals surface area contributed by atoms with E-state index >= 15 is 0 Å². The molecule has 0 spiro atoms. The van der Waals surface area contributed by atoms with Gasteiger partial charge in [-0.2, -0.15) is 11.8 Å². The van der Waals surface area contributed by atoms with Gasteiger partial charge >= 0.3 is 6.03 Å². The number of urea groups is 1. The van der Waals surface area contributed by atoms with E-state index in [4.69, 9.17) is 14.7 Å². The lowest BCUT2D eigenvalue weighted by Crippen LogP contribution is -2.44. The van der Waals surface area contributed by atoms with Crippen molar-refractivity contribution in [3.8, 4) is 11.4 Å². The number of hydrogen-bond acceptors (Lipinski definition) is 6. The number of amides is 2. The Morgan fingerprint density at radius 3 is 2.79 bits per heavy atom. The van der Waals surface area contributed by atoms with Gasteiger partial charge in [-0.25, -0.2) is 14.8 Å². The minimum absolute atomic E-state index is 0.211. The van der Waals surface area contributed by atoms with Crippen molar-refractivity contribution in [3.63, 3.8) is 0 Å². The molecule has 2 amide bonds. The molecule has 28 heavy (non-hydrogen) atoms. The van der Waals surface area contributed by atoms with Crippen molar-refractivity contribution < 1.29 is 9.53 Å². The molecule has 1 saturated heterocycles. The van der Waals surface area contributed by atoms with Gasteiger partial charge in [-0.05, 0) is 44.4 Å². The first-order valence-corrected chi connectivity index (χ1v) is 10.9. The number of anilines is 2. The molecular weight excluding hydrogens is 374 g/mol. The molecule has 3 rings (SSSR count). The summed E-state index contributed by atoms with van der Waals surface area (Å²) in [6, 6.07) is 9.75. The van der Waals surface area contributed by atoms with Crippen molar-refractivity contribution in [1.29, 1.82) is 0 Å². The third-order valence-electron chi connectivity index (χ3n) is 4.46. The molecule has 0 radical (unpaired) electrons. The summed E-state index contributed by atoms with van der Waals surface area (Å²) in [5.74, 6) is 2.47. The number of nitrogens with one attached hydrogen (secondary N) is 2. The van der Waals surface area contributed by atoms with Crippen LogP contribution < -0.4 is 15.5 Å². The summed E-state index contributed by atoms with van der Waals surface area (Å²) in [4.78, 5) is 23.5. The lowest BCUT2D eigenvalue weighted by Gasteiger charge is -2.34. The van der Waals surface area contributed by atoms with Crippen molar-refractivity contribution in [2.45, 2.75) is 25.6 Å². The third kappa shape index (κ3) is 5.14. The minimum atomic E-state index is -0.211. The lowest BCUT2D eigenvalue weighted by molar-refractivity contribution is 0.0985. The zero-order chi connectivity index (χ0) is 19.9. The molecule has 0 saturated carbocycles. The number of rotatable bonds is 6. The van der Waals surface area contributed by atoms with E-state index in [0.29, 0.717) is 25.6 Å². The van der Waals surface area contributed by atoms with Crippen molar-refractivity contribution in [2.75, 3.05) is 42.8 Å². The second kappa shape index (κ2) is 9.75. The summed E-state index contributed by atoms with van der Waals surface area (Å²) >= 11 is 1.74. The molecule has 0 aliphatic carbocycles. The number of morpholine rings is 1. The standard InChI is InChI=1S/C20H27N5O2S/c1-4-21-20(26)23-16-7-5-15(6-8-16)19-22-17(13-28-3)11-18(24-19)25-9-10-27-12-14(25)2/h5-8,11,14H,4,9-10,12-13H2,1-3H3,(H2,21,23,26)/t14-/m0/s1. The van der Waals surface area contributed by atoms with Gasteiger partial charge in [0.05, 0.1) is 24.9 Å². The molecular formula is C20H27N5O2S. The highest BCUT2D eigenvalue weighted by Gasteiger charge is 2.21. The SMILES string of the molecule is CCNC(=O)Nc1ccc(-c2nc(CSC)cc(N3CCOC[C@@H]3C)n2)cc1. The van der Waals surface area contributed by atoms with E-state index in [0.717, 1.165) is 35.1 Å². The maximum absolute atomic E-state index is 11.7. The number of carbonyl (C=O) groups excluding carboxylic acids is 1. The van der Waals surface area contributed by atoms with Crippen LogP contribution in [0.15, 0.2) is 30.3 Å². The molecule has 1 atom stereocenters. The Morgan fingerprint density at radius 2 is 2.11 bits per heavy atom. The molecule has 1 aromatic carbocycles. The summed E-state index contributed by atoms with van der Waals surface area (Å²) in [6.45, 7) is 6.86. The average molecular weight is 402 g/mol. The number of ether oxygens (including phenoxy) is 1. The Bertz CT molecular complexity index is 800. The first kappa shape index (κ1) is 20.4. The summed E-state index contributed by atoms with van der Waals surface area (Å²) < 4.78 is 5.56. The van der Waals surface area contributed by atoms with Gasteiger partial charge in [0.2, 0.25) is 0 Å². The van der Waals surface area contributed by atoms with Crippen molar-refractivity contribution in [1.82, 2.24) is 15.3 Å². The highest BCUT2D eigenvalue weighted by atomic mass is 32.2. The van der Waals surface area contributed by atoms with Crippen LogP contribution in [0.3, 0.4) is 0 Å². The highest BCUT2D eigenvalue weighted by Crippen LogP contribution is 2.25. The van der Waals surface area contributed by atoms with Crippen LogP contribution in [0.2, 0.25) is 0 Å². The third-order valence-corrected chi connectivity index (χ3v) is 5.04. The number of nitrogens with zero attached hydrogens (tertiary/aromatic N) is 3. The molecule has 1 fully saturated rings. The smallest absolute Gasteiger partial charge is 0.319 e. The Kier molecular flexibility index (Phi) is 7.11. The second-order valence-corrected chi connectivity index (χ2v) is 7.52. The summed E-state index contributed by atoms with van der Waals surface area (Å²) in [5.41, 5.74) is 2.67. The fourth-order valence-corrected chi connectivity index (χ4v) is 3.53.